The van der Waals surface area contributed by atoms with E-state index in [-0.39, 0.29) is 42.2 Å². The number of alkyl halides is 2. The van der Waals surface area contributed by atoms with Crippen molar-refractivity contribution in [3.05, 3.63) is 58.6 Å². The van der Waals surface area contributed by atoms with Gasteiger partial charge in [-0.1, -0.05) is 11.6 Å². The summed E-state index contributed by atoms with van der Waals surface area (Å²) in [7, 11) is 0. The van der Waals surface area contributed by atoms with Gasteiger partial charge < -0.3 is 24.8 Å². The third-order valence-electron chi connectivity index (χ3n) is 11.8. The number of amides is 2. The predicted octanol–water partition coefficient (Wildman–Crippen LogP) is 7.54. The minimum absolute atomic E-state index is 0.0268. The smallest absolute Gasteiger partial charge is 0.261 e. The molecular formula is C39H43ClF4N8O3. The third kappa shape index (κ3) is 6.22. The van der Waals surface area contributed by atoms with Crippen molar-refractivity contribution >= 4 is 51.6 Å². The zero-order valence-electron chi connectivity index (χ0n) is 31.3. The number of rotatable bonds is 9. The molecule has 5 heterocycles. The number of benzene rings is 1. The van der Waals surface area contributed by atoms with Gasteiger partial charge in [0.25, 0.3) is 12.3 Å². The molecule has 0 spiro atoms. The molecule has 4 aromatic rings. The second-order valence-corrected chi connectivity index (χ2v) is 16.7. The van der Waals surface area contributed by atoms with Crippen LogP contribution in [-0.2, 0) is 14.9 Å². The van der Waals surface area contributed by atoms with Crippen molar-refractivity contribution < 1.29 is 31.9 Å². The summed E-state index contributed by atoms with van der Waals surface area (Å²) in [6.07, 6.45) is 3.07. The van der Waals surface area contributed by atoms with Crippen LogP contribution in [0.15, 0.2) is 30.7 Å². The SMILES string of the molecule is CC(C)n1cnc2cc(-c3cnc4c(c3)N([C@H]3C[C@@](C)(N5CCCOCC5)C3)C(=O)C4(C)C)nc(Nc3cc(C(=O)NC4(C(F)F)CC4)c(Cl)c(F)c3F)c21. The molecule has 0 radical (unpaired) electrons. The van der Waals surface area contributed by atoms with E-state index in [1.54, 1.807) is 23.2 Å². The zero-order valence-corrected chi connectivity index (χ0v) is 32.0. The first-order valence-electron chi connectivity index (χ1n) is 18.6. The summed E-state index contributed by atoms with van der Waals surface area (Å²) in [6, 6.07) is 4.49. The van der Waals surface area contributed by atoms with E-state index in [1.165, 1.54) is 0 Å². The van der Waals surface area contributed by atoms with E-state index >= 15 is 8.78 Å². The number of hydrogen-bond donors (Lipinski definition) is 2. The Morgan fingerprint density at radius 1 is 1.04 bits per heavy atom. The van der Waals surface area contributed by atoms with E-state index in [1.807, 2.05) is 38.7 Å². The Morgan fingerprint density at radius 2 is 1.78 bits per heavy atom. The molecule has 2 N–H and O–H groups in total. The van der Waals surface area contributed by atoms with Crippen LogP contribution in [0.25, 0.3) is 22.3 Å². The predicted molar refractivity (Wildman–Crippen MR) is 200 cm³/mol. The van der Waals surface area contributed by atoms with Crippen LogP contribution >= 0.6 is 11.6 Å². The molecule has 0 bridgehead atoms. The molecule has 11 nitrogen and oxygen atoms in total. The third-order valence-corrected chi connectivity index (χ3v) is 12.2. The normalized spacial score (nSPS) is 23.2. The molecule has 0 atom stereocenters. The van der Waals surface area contributed by atoms with Gasteiger partial charge in [0.15, 0.2) is 17.5 Å². The largest absolute Gasteiger partial charge is 0.380 e. The van der Waals surface area contributed by atoms with Crippen LogP contribution in [0.5, 0.6) is 0 Å². The number of imidazole rings is 1. The maximum atomic E-state index is 15.6. The fourth-order valence-corrected chi connectivity index (χ4v) is 8.54. The van der Waals surface area contributed by atoms with E-state index in [0.29, 0.717) is 40.3 Å². The lowest BCUT2D eigenvalue weighted by Gasteiger charge is -2.54. The van der Waals surface area contributed by atoms with E-state index in [9.17, 15) is 18.4 Å². The van der Waals surface area contributed by atoms with Gasteiger partial charge in [-0.2, -0.15) is 0 Å². The number of carbonyl (C=O) groups is 2. The number of halogens is 5. The molecule has 2 aliphatic carbocycles. The van der Waals surface area contributed by atoms with Gasteiger partial charge in [-0.3, -0.25) is 19.5 Å². The van der Waals surface area contributed by atoms with Gasteiger partial charge in [-0.05, 0) is 84.9 Å². The highest BCUT2D eigenvalue weighted by molar-refractivity contribution is 6.34. The Hall–Kier alpha value is -4.34. The molecule has 3 fully saturated rings. The molecule has 8 rings (SSSR count). The highest BCUT2D eigenvalue weighted by Gasteiger charge is 2.55. The minimum atomic E-state index is -2.84. The molecule has 2 amide bonds. The number of anilines is 3. The van der Waals surface area contributed by atoms with Gasteiger partial charge in [-0.15, -0.1) is 0 Å². The van der Waals surface area contributed by atoms with Crippen LogP contribution < -0.4 is 15.5 Å². The molecule has 292 valence electrons. The molecule has 2 aliphatic heterocycles. The van der Waals surface area contributed by atoms with Crippen molar-refractivity contribution in [3.8, 4) is 11.3 Å². The van der Waals surface area contributed by atoms with Crippen LogP contribution in [0, 0.1) is 11.6 Å². The summed E-state index contributed by atoms with van der Waals surface area (Å²) in [6.45, 7) is 13.1. The van der Waals surface area contributed by atoms with Crippen LogP contribution in [0.1, 0.15) is 88.8 Å². The van der Waals surface area contributed by atoms with Crippen LogP contribution in [0.3, 0.4) is 0 Å². The average Bonchev–Trinajstić information content (AvgIpc) is 3.83. The summed E-state index contributed by atoms with van der Waals surface area (Å²) in [5.41, 5.74) is -0.382. The summed E-state index contributed by atoms with van der Waals surface area (Å²) in [5.74, 6) is -3.90. The van der Waals surface area contributed by atoms with Gasteiger partial charge in [0.05, 0.1) is 57.2 Å². The van der Waals surface area contributed by atoms with Crippen LogP contribution in [0.4, 0.5) is 34.8 Å². The number of pyridine rings is 2. The van der Waals surface area contributed by atoms with Crippen molar-refractivity contribution in [1.29, 1.82) is 0 Å². The van der Waals surface area contributed by atoms with Crippen molar-refractivity contribution in [2.45, 2.75) is 102 Å². The van der Waals surface area contributed by atoms with Crippen molar-refractivity contribution in [2.24, 2.45) is 0 Å². The molecular weight excluding hydrogens is 740 g/mol. The quantitative estimate of drug-likeness (QED) is 0.132. The van der Waals surface area contributed by atoms with Gasteiger partial charge in [-0.25, -0.2) is 27.5 Å². The Bertz CT molecular complexity index is 2210. The summed E-state index contributed by atoms with van der Waals surface area (Å²) in [5, 5.41) is 4.28. The topological polar surface area (TPSA) is 118 Å². The maximum Gasteiger partial charge on any atom is 0.261 e. The molecule has 0 unspecified atom stereocenters. The van der Waals surface area contributed by atoms with Gasteiger partial charge in [0.1, 0.15) is 11.1 Å². The maximum absolute atomic E-state index is 15.6. The van der Waals surface area contributed by atoms with Gasteiger partial charge in [0, 0.05) is 49.1 Å². The molecule has 4 aliphatic rings. The lowest BCUT2D eigenvalue weighted by molar-refractivity contribution is -0.123. The Morgan fingerprint density at radius 3 is 2.47 bits per heavy atom. The lowest BCUT2D eigenvalue weighted by atomic mass is 9.71. The average molecular weight is 783 g/mol. The highest BCUT2D eigenvalue weighted by Crippen LogP contribution is 2.50. The van der Waals surface area contributed by atoms with E-state index in [2.05, 4.69) is 27.4 Å². The Kier molecular flexibility index (Phi) is 9.16. The van der Waals surface area contributed by atoms with E-state index in [0.717, 1.165) is 45.0 Å². The Balaban J connectivity index is 1.16. The fourth-order valence-electron chi connectivity index (χ4n) is 8.31. The van der Waals surface area contributed by atoms with E-state index < -0.39 is 51.2 Å². The molecule has 2 saturated carbocycles. The second kappa shape index (κ2) is 13.4. The second-order valence-electron chi connectivity index (χ2n) is 16.3. The van der Waals surface area contributed by atoms with Gasteiger partial charge >= 0.3 is 0 Å². The monoisotopic (exact) mass is 782 g/mol. The van der Waals surface area contributed by atoms with Crippen molar-refractivity contribution in [3.63, 3.8) is 0 Å². The number of carbonyl (C=O) groups excluding carboxylic acids is 2. The lowest BCUT2D eigenvalue weighted by Crippen LogP contribution is -2.63. The number of nitrogens with zero attached hydrogens (tertiary/aromatic N) is 6. The highest BCUT2D eigenvalue weighted by atomic mass is 35.5. The molecule has 1 aromatic carbocycles. The molecule has 16 heteroatoms. The summed E-state index contributed by atoms with van der Waals surface area (Å²) < 4.78 is 65.7. The number of fused-ring (bicyclic) bond motifs is 2. The molecule has 1 saturated heterocycles. The van der Waals surface area contributed by atoms with Crippen molar-refractivity contribution in [1.82, 2.24) is 29.7 Å². The number of ether oxygens (including phenoxy) is 1. The first kappa shape index (κ1) is 37.6. The van der Waals surface area contributed by atoms with Crippen LogP contribution in [-0.4, -0.2) is 86.1 Å². The minimum Gasteiger partial charge on any atom is -0.380 e. The Labute approximate surface area is 320 Å². The first-order valence-corrected chi connectivity index (χ1v) is 19.0. The first-order chi connectivity index (χ1) is 26.0. The number of aromatic nitrogens is 4. The summed E-state index contributed by atoms with van der Waals surface area (Å²) in [4.78, 5) is 45.8. The van der Waals surface area contributed by atoms with Gasteiger partial charge in [0.2, 0.25) is 5.91 Å². The fraction of sp³-hybridized carbons (Fsp3) is 0.513. The molecule has 55 heavy (non-hydrogen) atoms. The number of hydrogen-bond acceptors (Lipinski definition) is 8. The number of nitrogens with one attached hydrogen (secondary N) is 2. The standard InChI is InChI=1S/C39H43ClF4N8O3/c1-20(2)51-19-46-26-15-24(47-33(31(26)51)48-25-14-23(28(40)30(42)29(25)41)34(53)49-39(7-8-39)35(43)44)21-13-27-32(45-18-21)37(3,4)36(54)52(27)22-16-38(5,17-22)50-9-6-11-55-12-10-50/h13-15,18-20,22,35H,6-12,16-17H2,1-5H3,(H,47,48)(H,49,53)/t22-,38+. The van der Waals surface area contributed by atoms with Crippen molar-refractivity contribution in [2.75, 3.05) is 36.5 Å². The zero-order chi connectivity index (χ0) is 39.2. The summed E-state index contributed by atoms with van der Waals surface area (Å²) >= 11 is 6.07. The van der Waals surface area contributed by atoms with Crippen LogP contribution in [0.2, 0.25) is 5.02 Å². The van der Waals surface area contributed by atoms with E-state index in [4.69, 9.17) is 26.3 Å². The molecule has 3 aromatic heterocycles.